The van der Waals surface area contributed by atoms with Gasteiger partial charge in [0.25, 0.3) is 0 Å². The SMILES string of the molecule is NNC(=O)C(F)(F)CSc1ncc[nH]1. The number of H-pyrrole nitrogens is 1. The van der Waals surface area contributed by atoms with E-state index in [1.54, 1.807) is 0 Å². The molecule has 1 rings (SSSR count). The van der Waals surface area contributed by atoms with E-state index in [1.165, 1.54) is 17.8 Å². The van der Waals surface area contributed by atoms with Crippen LogP contribution in [0.15, 0.2) is 17.6 Å². The minimum absolute atomic E-state index is 0.328. The number of hydrazine groups is 1. The van der Waals surface area contributed by atoms with Gasteiger partial charge in [0, 0.05) is 12.4 Å². The van der Waals surface area contributed by atoms with E-state index in [-0.39, 0.29) is 0 Å². The zero-order chi connectivity index (χ0) is 10.6. The van der Waals surface area contributed by atoms with E-state index >= 15 is 0 Å². The van der Waals surface area contributed by atoms with Crippen LogP contribution in [0.25, 0.3) is 0 Å². The standard InChI is InChI=1S/C6H8F2N4OS/c7-6(8,4(13)12-9)3-14-5-10-1-2-11-5/h1-2H,3,9H2,(H,10,11)(H,12,13). The second-order valence-corrected chi connectivity index (χ2v) is 3.32. The largest absolute Gasteiger partial charge is 0.340 e. The van der Waals surface area contributed by atoms with Crippen molar-refractivity contribution in [1.82, 2.24) is 15.4 Å². The van der Waals surface area contributed by atoms with Crippen LogP contribution >= 0.6 is 11.8 Å². The third kappa shape index (κ3) is 2.67. The molecule has 1 amide bonds. The number of carbonyl (C=O) groups excluding carboxylic acids is 1. The van der Waals surface area contributed by atoms with Crippen LogP contribution in [-0.4, -0.2) is 27.6 Å². The molecule has 0 unspecified atom stereocenters. The minimum Gasteiger partial charge on any atom is -0.340 e. The smallest absolute Gasteiger partial charge is 0.335 e. The number of halogens is 2. The summed E-state index contributed by atoms with van der Waals surface area (Å²) < 4.78 is 25.7. The van der Waals surface area contributed by atoms with Crippen molar-refractivity contribution in [3.8, 4) is 0 Å². The number of aromatic amines is 1. The maximum Gasteiger partial charge on any atom is 0.335 e. The van der Waals surface area contributed by atoms with Crippen molar-refractivity contribution >= 4 is 17.7 Å². The molecule has 4 N–H and O–H groups in total. The first-order chi connectivity index (χ1) is 6.56. The number of alkyl halides is 2. The number of thioether (sulfide) groups is 1. The summed E-state index contributed by atoms with van der Waals surface area (Å²) >= 11 is 0.745. The van der Waals surface area contributed by atoms with Gasteiger partial charge in [0.1, 0.15) is 0 Å². The van der Waals surface area contributed by atoms with Crippen LogP contribution in [0.3, 0.4) is 0 Å². The van der Waals surface area contributed by atoms with Crippen molar-refractivity contribution in [2.45, 2.75) is 11.1 Å². The molecule has 1 heterocycles. The number of hydrogen-bond donors (Lipinski definition) is 3. The van der Waals surface area contributed by atoms with E-state index in [0.29, 0.717) is 5.16 Å². The lowest BCUT2D eigenvalue weighted by atomic mass is 10.4. The monoisotopic (exact) mass is 222 g/mol. The van der Waals surface area contributed by atoms with E-state index in [2.05, 4.69) is 15.8 Å². The van der Waals surface area contributed by atoms with Gasteiger partial charge in [0.15, 0.2) is 5.16 Å². The van der Waals surface area contributed by atoms with E-state index in [0.717, 1.165) is 11.8 Å². The second kappa shape index (κ2) is 4.38. The Balaban J connectivity index is 2.48. The molecule has 0 aromatic carbocycles. The summed E-state index contributed by atoms with van der Waals surface area (Å²) in [5, 5.41) is 0.328. The molecule has 0 bridgehead atoms. The normalized spacial score (nSPS) is 11.4. The Bertz CT molecular complexity index is 303. The highest BCUT2D eigenvalue weighted by molar-refractivity contribution is 7.99. The van der Waals surface area contributed by atoms with Gasteiger partial charge in [-0.15, -0.1) is 0 Å². The number of nitrogens with two attached hydrogens (primary N) is 1. The number of aromatic nitrogens is 2. The average Bonchev–Trinajstić information content (AvgIpc) is 2.66. The van der Waals surface area contributed by atoms with Crippen molar-refractivity contribution in [2.24, 2.45) is 5.84 Å². The van der Waals surface area contributed by atoms with Crippen LogP contribution in [0.4, 0.5) is 8.78 Å². The molecule has 8 heteroatoms. The molecule has 0 radical (unpaired) electrons. The fourth-order valence-electron chi connectivity index (χ4n) is 0.660. The van der Waals surface area contributed by atoms with Crippen LogP contribution in [0.1, 0.15) is 0 Å². The Kier molecular flexibility index (Phi) is 3.42. The van der Waals surface area contributed by atoms with Crippen LogP contribution in [0, 0.1) is 0 Å². The molecule has 0 spiro atoms. The first-order valence-corrected chi connectivity index (χ1v) is 4.56. The van der Waals surface area contributed by atoms with Crippen molar-refractivity contribution in [3.05, 3.63) is 12.4 Å². The zero-order valence-corrected chi connectivity index (χ0v) is 7.78. The molecule has 0 aliphatic carbocycles. The summed E-state index contributed by atoms with van der Waals surface area (Å²) in [7, 11) is 0. The minimum atomic E-state index is -3.49. The van der Waals surface area contributed by atoms with Gasteiger partial charge in [-0.25, -0.2) is 10.8 Å². The fourth-order valence-corrected chi connectivity index (χ4v) is 1.40. The Morgan fingerprint density at radius 2 is 2.50 bits per heavy atom. The van der Waals surface area contributed by atoms with Gasteiger partial charge in [-0.1, -0.05) is 11.8 Å². The predicted octanol–water partition coefficient (Wildman–Crippen LogP) is 0.127. The Morgan fingerprint density at radius 3 is 3.00 bits per heavy atom. The summed E-state index contributed by atoms with van der Waals surface area (Å²) in [5.74, 6) is -1.11. The van der Waals surface area contributed by atoms with Gasteiger partial charge < -0.3 is 4.98 Å². The third-order valence-electron chi connectivity index (χ3n) is 1.33. The number of rotatable bonds is 4. The summed E-state index contributed by atoms with van der Waals surface area (Å²) in [6.45, 7) is 0. The zero-order valence-electron chi connectivity index (χ0n) is 6.96. The molecular weight excluding hydrogens is 214 g/mol. The number of imidazole rings is 1. The van der Waals surface area contributed by atoms with Crippen molar-refractivity contribution < 1.29 is 13.6 Å². The van der Waals surface area contributed by atoms with E-state index < -0.39 is 17.6 Å². The molecule has 78 valence electrons. The third-order valence-corrected chi connectivity index (χ3v) is 2.33. The summed E-state index contributed by atoms with van der Waals surface area (Å²) in [6, 6.07) is 0. The lowest BCUT2D eigenvalue weighted by molar-refractivity contribution is -0.142. The molecule has 5 nitrogen and oxygen atoms in total. The molecule has 0 fully saturated rings. The number of nitrogens with zero attached hydrogens (tertiary/aromatic N) is 1. The first kappa shape index (κ1) is 10.9. The van der Waals surface area contributed by atoms with Crippen LogP contribution in [0.2, 0.25) is 0 Å². The average molecular weight is 222 g/mol. The van der Waals surface area contributed by atoms with Gasteiger partial charge in [-0.05, 0) is 0 Å². The van der Waals surface area contributed by atoms with Crippen molar-refractivity contribution in [2.75, 3.05) is 5.75 Å². The first-order valence-electron chi connectivity index (χ1n) is 3.57. The summed E-state index contributed by atoms with van der Waals surface area (Å²) in [4.78, 5) is 16.9. The Labute approximate surface area is 82.4 Å². The van der Waals surface area contributed by atoms with Gasteiger partial charge in [-0.2, -0.15) is 8.78 Å². The summed E-state index contributed by atoms with van der Waals surface area (Å²) in [6.07, 6.45) is 2.94. The lowest BCUT2D eigenvalue weighted by Crippen LogP contribution is -2.45. The molecule has 14 heavy (non-hydrogen) atoms. The van der Waals surface area contributed by atoms with Gasteiger partial charge in [-0.3, -0.25) is 10.2 Å². The van der Waals surface area contributed by atoms with Gasteiger partial charge >= 0.3 is 11.8 Å². The van der Waals surface area contributed by atoms with Crippen LogP contribution in [-0.2, 0) is 4.79 Å². The molecule has 1 aromatic heterocycles. The lowest BCUT2D eigenvalue weighted by Gasteiger charge is -2.12. The Morgan fingerprint density at radius 1 is 1.79 bits per heavy atom. The van der Waals surface area contributed by atoms with Crippen molar-refractivity contribution in [1.29, 1.82) is 0 Å². The molecule has 0 aliphatic heterocycles. The van der Waals surface area contributed by atoms with Gasteiger partial charge in [0.05, 0.1) is 5.75 Å². The predicted molar refractivity (Wildman–Crippen MR) is 46.6 cm³/mol. The molecule has 0 saturated heterocycles. The highest BCUT2D eigenvalue weighted by Crippen LogP contribution is 2.23. The number of carbonyl (C=O) groups is 1. The molecular formula is C6H8F2N4OS. The van der Waals surface area contributed by atoms with Crippen LogP contribution < -0.4 is 11.3 Å². The molecule has 1 aromatic rings. The summed E-state index contributed by atoms with van der Waals surface area (Å²) in [5.41, 5.74) is 1.40. The van der Waals surface area contributed by atoms with Gasteiger partial charge in [0.2, 0.25) is 0 Å². The van der Waals surface area contributed by atoms with E-state index in [4.69, 9.17) is 0 Å². The molecule has 0 saturated carbocycles. The van der Waals surface area contributed by atoms with Crippen molar-refractivity contribution in [3.63, 3.8) is 0 Å². The maximum absolute atomic E-state index is 12.9. The topological polar surface area (TPSA) is 83.8 Å². The molecule has 0 atom stereocenters. The highest BCUT2D eigenvalue weighted by atomic mass is 32.2. The quantitative estimate of drug-likeness (QED) is 0.292. The van der Waals surface area contributed by atoms with E-state index in [9.17, 15) is 13.6 Å². The highest BCUT2D eigenvalue weighted by Gasteiger charge is 2.38. The Hall–Kier alpha value is -1.15. The maximum atomic E-state index is 12.9. The fraction of sp³-hybridized carbons (Fsp3) is 0.333. The molecule has 0 aliphatic rings. The second-order valence-electron chi connectivity index (χ2n) is 2.36. The number of amides is 1. The van der Waals surface area contributed by atoms with Crippen LogP contribution in [0.5, 0.6) is 0 Å². The number of hydrogen-bond acceptors (Lipinski definition) is 4. The number of nitrogens with one attached hydrogen (secondary N) is 2. The van der Waals surface area contributed by atoms with E-state index in [1.807, 2.05) is 0 Å².